The molecule has 55 heavy (non-hydrogen) atoms. The van der Waals surface area contributed by atoms with E-state index in [2.05, 4.69) is 163 Å². The summed E-state index contributed by atoms with van der Waals surface area (Å²) in [5, 5.41) is 7.20. The van der Waals surface area contributed by atoms with Crippen LogP contribution in [0.15, 0.2) is 164 Å². The van der Waals surface area contributed by atoms with E-state index >= 15 is 0 Å². The van der Waals surface area contributed by atoms with Crippen LogP contribution >= 0.6 is 0 Å². The second-order valence-electron chi connectivity index (χ2n) is 13.0. The molecule has 0 radical (unpaired) electrons. The quantitative estimate of drug-likeness (QED) is 0.156. The van der Waals surface area contributed by atoms with Gasteiger partial charge in [-0.15, -0.1) is 106 Å². The van der Waals surface area contributed by atoms with Gasteiger partial charge in [0.15, 0.2) is 0 Å². The summed E-state index contributed by atoms with van der Waals surface area (Å²) in [6, 6.07) is 60.0. The average molecular weight is 889 g/mol. The van der Waals surface area contributed by atoms with Crippen LogP contribution in [0.2, 0.25) is 0 Å². The molecule has 0 saturated heterocycles. The van der Waals surface area contributed by atoms with E-state index in [0.717, 1.165) is 53.0 Å². The van der Waals surface area contributed by atoms with Crippen molar-refractivity contribution in [1.82, 2.24) is 15.0 Å². The minimum Gasteiger partial charge on any atom is -0.304 e. The fraction of sp³-hybridized carbons (Fsp3) is 0.118. The molecule has 0 aliphatic rings. The zero-order chi connectivity index (χ0) is 37.1. The number of aryl methyl sites for hydroxylation is 3. The monoisotopic (exact) mass is 889 g/mol. The number of fused-ring (bicyclic) bond motifs is 3. The van der Waals surface area contributed by atoms with Crippen molar-refractivity contribution in [2.24, 2.45) is 0 Å². The first-order chi connectivity index (χ1) is 26.6. The molecular formula is C51H42IrN3. The Balaban J connectivity index is 0.000000139. The van der Waals surface area contributed by atoms with Gasteiger partial charge in [-0.25, -0.2) is 0 Å². The molecule has 0 amide bonds. The number of hydrogen-bond donors (Lipinski definition) is 0. The van der Waals surface area contributed by atoms with Crippen LogP contribution in [-0.4, -0.2) is 15.0 Å². The molecule has 3 nitrogen and oxygen atoms in total. The zero-order valence-corrected chi connectivity index (χ0v) is 33.8. The third kappa shape index (κ3) is 9.30. The Morgan fingerprint density at radius 3 is 0.909 bits per heavy atom. The van der Waals surface area contributed by atoms with Gasteiger partial charge in [-0.3, -0.25) is 0 Å². The predicted octanol–water partition coefficient (Wildman–Crippen LogP) is 12.8. The molecule has 4 heteroatoms. The maximum absolute atomic E-state index is 4.50. The molecule has 6 aromatic carbocycles. The van der Waals surface area contributed by atoms with Gasteiger partial charge < -0.3 is 15.0 Å². The SMILES string of the molecule is CCc1c[c-]c(-c2nccc3ccccc23)cc1.CCc1c[c-]c(-c2nccc3ccccc23)cc1.CCc1c[c-]c(-c2nccc3ccccc23)cc1.[Ir+3]. The second kappa shape index (κ2) is 19.0. The van der Waals surface area contributed by atoms with Crippen molar-refractivity contribution in [3.8, 4) is 33.8 Å². The van der Waals surface area contributed by atoms with E-state index < -0.39 is 0 Å². The normalized spacial score (nSPS) is 10.5. The predicted molar refractivity (Wildman–Crippen MR) is 226 cm³/mol. The summed E-state index contributed by atoms with van der Waals surface area (Å²) in [6.07, 6.45) is 8.71. The number of nitrogens with zero attached hydrogens (tertiary/aromatic N) is 3. The van der Waals surface area contributed by atoms with Gasteiger partial charge in [0.2, 0.25) is 0 Å². The molecular weight excluding hydrogens is 847 g/mol. The van der Waals surface area contributed by atoms with Gasteiger partial charge in [0.1, 0.15) is 0 Å². The minimum atomic E-state index is 0. The number of aromatic nitrogens is 3. The van der Waals surface area contributed by atoms with Crippen LogP contribution in [0, 0.1) is 18.2 Å². The number of benzene rings is 6. The standard InChI is InChI=1S/3C17H14N.Ir/c3*1-2-13-7-9-15(10-8-13)17-16-6-4-3-5-14(16)11-12-18-17;/h3*3-9,11-12H,2H2,1H3;/q3*-1;+3. The Bertz CT molecular complexity index is 2290. The molecule has 0 bridgehead atoms. The molecule has 0 aliphatic heterocycles. The van der Waals surface area contributed by atoms with E-state index in [1.54, 1.807) is 0 Å². The average Bonchev–Trinajstić information content (AvgIpc) is 3.26. The summed E-state index contributed by atoms with van der Waals surface area (Å²) in [4.78, 5) is 13.5. The van der Waals surface area contributed by atoms with Gasteiger partial charge in [-0.2, -0.15) is 0 Å². The molecule has 3 aromatic heterocycles. The molecule has 0 spiro atoms. The summed E-state index contributed by atoms with van der Waals surface area (Å²) < 4.78 is 0. The molecule has 9 rings (SSSR count). The van der Waals surface area contributed by atoms with Gasteiger partial charge in [0.25, 0.3) is 0 Å². The van der Waals surface area contributed by atoms with Crippen LogP contribution in [0.1, 0.15) is 37.5 Å². The van der Waals surface area contributed by atoms with Crippen molar-refractivity contribution in [2.75, 3.05) is 0 Å². The van der Waals surface area contributed by atoms with Crippen LogP contribution < -0.4 is 0 Å². The third-order valence-corrected chi connectivity index (χ3v) is 9.64. The Morgan fingerprint density at radius 2 is 0.655 bits per heavy atom. The summed E-state index contributed by atoms with van der Waals surface area (Å²) in [5.41, 5.74) is 10.1. The van der Waals surface area contributed by atoms with E-state index in [9.17, 15) is 0 Å². The van der Waals surface area contributed by atoms with Crippen LogP contribution in [0.4, 0.5) is 0 Å². The van der Waals surface area contributed by atoms with Crippen molar-refractivity contribution in [3.63, 3.8) is 0 Å². The van der Waals surface area contributed by atoms with E-state index in [1.807, 2.05) is 55.0 Å². The van der Waals surface area contributed by atoms with Gasteiger partial charge >= 0.3 is 20.1 Å². The molecule has 270 valence electrons. The smallest absolute Gasteiger partial charge is 0.304 e. The first kappa shape index (κ1) is 38.9. The summed E-state index contributed by atoms with van der Waals surface area (Å²) in [6.45, 7) is 6.46. The van der Waals surface area contributed by atoms with Crippen LogP contribution in [-0.2, 0) is 39.4 Å². The van der Waals surface area contributed by atoms with Gasteiger partial charge in [0, 0.05) is 18.6 Å². The van der Waals surface area contributed by atoms with Gasteiger partial charge in [0.05, 0.1) is 0 Å². The largest absolute Gasteiger partial charge is 3.00 e. The Morgan fingerprint density at radius 1 is 0.364 bits per heavy atom. The molecule has 3 heterocycles. The van der Waals surface area contributed by atoms with Crippen molar-refractivity contribution in [3.05, 3.63) is 199 Å². The van der Waals surface area contributed by atoms with Crippen molar-refractivity contribution in [2.45, 2.75) is 40.0 Å². The van der Waals surface area contributed by atoms with Crippen molar-refractivity contribution >= 4 is 32.3 Å². The molecule has 0 N–H and O–H groups in total. The van der Waals surface area contributed by atoms with E-state index in [4.69, 9.17) is 0 Å². The molecule has 0 aliphatic carbocycles. The van der Waals surface area contributed by atoms with E-state index in [0.29, 0.717) is 0 Å². The molecule has 0 unspecified atom stereocenters. The number of rotatable bonds is 6. The van der Waals surface area contributed by atoms with Gasteiger partial charge in [-0.1, -0.05) is 113 Å². The molecule has 9 aromatic rings. The summed E-state index contributed by atoms with van der Waals surface area (Å²) in [7, 11) is 0. The third-order valence-electron chi connectivity index (χ3n) is 9.64. The summed E-state index contributed by atoms with van der Waals surface area (Å²) >= 11 is 0. The first-order valence-corrected chi connectivity index (χ1v) is 18.7. The van der Waals surface area contributed by atoms with Crippen molar-refractivity contribution in [1.29, 1.82) is 0 Å². The Kier molecular flexibility index (Phi) is 13.4. The number of pyridine rings is 3. The zero-order valence-electron chi connectivity index (χ0n) is 31.4. The first-order valence-electron chi connectivity index (χ1n) is 18.7. The minimum absolute atomic E-state index is 0. The topological polar surface area (TPSA) is 38.7 Å². The maximum Gasteiger partial charge on any atom is 3.00 e. The maximum atomic E-state index is 4.50. The van der Waals surface area contributed by atoms with Gasteiger partial charge in [-0.05, 0) is 67.6 Å². The molecule has 0 atom stereocenters. The van der Waals surface area contributed by atoms with Crippen LogP contribution in [0.25, 0.3) is 66.1 Å². The van der Waals surface area contributed by atoms with Crippen molar-refractivity contribution < 1.29 is 20.1 Å². The second-order valence-corrected chi connectivity index (χ2v) is 13.0. The summed E-state index contributed by atoms with van der Waals surface area (Å²) in [5.74, 6) is 0. The Labute approximate surface area is 338 Å². The number of hydrogen-bond acceptors (Lipinski definition) is 3. The Hall–Kier alpha value is -5.80. The fourth-order valence-corrected chi connectivity index (χ4v) is 6.48. The van der Waals surface area contributed by atoms with Crippen LogP contribution in [0.3, 0.4) is 0 Å². The molecule has 0 saturated carbocycles. The van der Waals surface area contributed by atoms with Crippen LogP contribution in [0.5, 0.6) is 0 Å². The van der Waals surface area contributed by atoms with E-state index in [1.165, 1.54) is 49.0 Å². The van der Waals surface area contributed by atoms with E-state index in [-0.39, 0.29) is 20.1 Å². The fourth-order valence-electron chi connectivity index (χ4n) is 6.48. The molecule has 0 fully saturated rings.